The van der Waals surface area contributed by atoms with Crippen molar-refractivity contribution in [3.63, 3.8) is 0 Å². The van der Waals surface area contributed by atoms with Gasteiger partial charge in [-0.3, -0.25) is 9.59 Å². The fourth-order valence-electron chi connectivity index (χ4n) is 9.89. The smallest absolute Gasteiger partial charge is 0.407 e. The van der Waals surface area contributed by atoms with Gasteiger partial charge in [0, 0.05) is 27.3 Å². The van der Waals surface area contributed by atoms with Crippen molar-refractivity contribution in [2.24, 2.45) is 0 Å². The summed E-state index contributed by atoms with van der Waals surface area (Å²) in [7, 11) is 4.36. The van der Waals surface area contributed by atoms with Crippen molar-refractivity contribution in [1.82, 2.24) is 35.1 Å². The number of halogens is 1. The number of likely N-dealkylation sites (tertiary alicyclic amines) is 2. The average molecular weight is 848 g/mol. The van der Waals surface area contributed by atoms with Crippen LogP contribution in [-0.2, 0) is 23.8 Å². The molecule has 9 rings (SSSR count). The Morgan fingerprint density at radius 3 is 1.87 bits per heavy atom. The third-order valence-electron chi connectivity index (χ3n) is 13.5. The number of hydrogen-bond donors (Lipinski definition) is 3. The first-order chi connectivity index (χ1) is 30.0. The molecular weight excluding hydrogens is 792 g/mol. The van der Waals surface area contributed by atoms with E-state index in [0.717, 1.165) is 89.5 Å². The number of carbonyl (C=O) groups is 3. The quantitative estimate of drug-likeness (QED) is 0.107. The van der Waals surface area contributed by atoms with Crippen LogP contribution in [-0.4, -0.2) is 100 Å². The Kier molecular flexibility index (Phi) is 11.7. The number of anilines is 1. The third kappa shape index (κ3) is 8.00. The largest absolute Gasteiger partial charge is 0.453 e. The van der Waals surface area contributed by atoms with Gasteiger partial charge in [-0.1, -0.05) is 18.2 Å². The Morgan fingerprint density at radius 1 is 0.742 bits per heavy atom. The average Bonchev–Trinajstić information content (AvgIpc) is 3.82. The minimum atomic E-state index is -0.929. The second-order valence-corrected chi connectivity index (χ2v) is 17.3. The molecule has 3 N–H and O–H groups in total. The second-order valence-electron chi connectivity index (χ2n) is 17.3. The normalized spacial score (nSPS) is 23.0. The molecule has 2 aromatic heterocycles. The molecule has 327 valence electrons. The van der Waals surface area contributed by atoms with E-state index in [1.807, 2.05) is 24.0 Å². The summed E-state index contributed by atoms with van der Waals surface area (Å²) >= 11 is 0. The molecule has 1 radical (unpaired) electrons. The molecule has 3 amide bonds. The van der Waals surface area contributed by atoms with Crippen molar-refractivity contribution in [2.75, 3.05) is 39.3 Å². The lowest BCUT2D eigenvalue weighted by Gasteiger charge is -2.33. The van der Waals surface area contributed by atoms with Gasteiger partial charge in [-0.2, -0.15) is 0 Å². The topological polar surface area (TPSA) is 158 Å². The minimum Gasteiger partial charge on any atom is -0.453 e. The number of nitrogens with one attached hydrogen (secondary N) is 3. The van der Waals surface area contributed by atoms with Gasteiger partial charge in [-0.15, -0.1) is 0 Å². The van der Waals surface area contributed by atoms with E-state index < -0.39 is 18.2 Å². The Bertz CT molecular complexity index is 2470. The van der Waals surface area contributed by atoms with Crippen molar-refractivity contribution in [3.8, 4) is 0 Å². The van der Waals surface area contributed by atoms with Crippen LogP contribution in [0, 0.1) is 12.2 Å². The zero-order valence-electron chi connectivity index (χ0n) is 36.0. The number of nitrogens with zero attached hydrogens (tertiary/aromatic N) is 5. The molecule has 3 aromatic carbocycles. The number of hydrogen-bond acceptors (Lipinski definition) is 9. The Balaban J connectivity index is 1.01. The molecular formula is C47H56FN8O6. The maximum absolute atomic E-state index is 16.5. The number of alkyl carbamates (subject to hydrolysis) is 1. The molecule has 1 saturated carbocycles. The fraction of sp³-hybridized carbons (Fsp3) is 0.489. The standard InChI is InChI=1S/C47H56FN8O6/c1-26(60-3)22-42(57)54-20-6-8-40(54)44-49-33-15-12-30(24-35(33)51-44)37-18-19-38(56(37)39-17-14-29(23-32(39)48)28-10-11-28)31-13-16-34-36(25-31)52-45(50-34)41-9-7-21-55(41)46(58)43(27(2)61-4)53-47(59)62-5/h12-17,22-28,37-38,40-41,43H,6-11,18-21H2,1-5H3,(H,49,51)(H,50,52)(H,53,59)/t26-,27-,37+,38+,40+,41+,43+/m1/s1. The number of H-pyrrole nitrogens is 2. The molecule has 7 atom stereocenters. The van der Waals surface area contributed by atoms with E-state index in [0.29, 0.717) is 36.9 Å². The summed E-state index contributed by atoms with van der Waals surface area (Å²) in [5.41, 5.74) is 6.99. The minimum absolute atomic E-state index is 0.0546. The zero-order chi connectivity index (χ0) is 43.2. The highest BCUT2D eigenvalue weighted by molar-refractivity contribution is 5.87. The van der Waals surface area contributed by atoms with Gasteiger partial charge in [0.15, 0.2) is 0 Å². The molecule has 3 aliphatic heterocycles. The van der Waals surface area contributed by atoms with Gasteiger partial charge in [0.1, 0.15) is 23.5 Å². The number of rotatable bonds is 13. The van der Waals surface area contributed by atoms with Crippen LogP contribution in [0.4, 0.5) is 14.9 Å². The number of amides is 3. The number of methoxy groups -OCH3 is 3. The molecule has 0 bridgehead atoms. The highest BCUT2D eigenvalue weighted by Gasteiger charge is 2.41. The van der Waals surface area contributed by atoms with E-state index >= 15 is 4.39 Å². The first kappa shape index (κ1) is 41.8. The van der Waals surface area contributed by atoms with Gasteiger partial charge in [0.05, 0.1) is 77.7 Å². The summed E-state index contributed by atoms with van der Waals surface area (Å²) < 4.78 is 32.1. The molecule has 4 fully saturated rings. The predicted molar refractivity (Wildman–Crippen MR) is 232 cm³/mol. The molecule has 15 heteroatoms. The van der Waals surface area contributed by atoms with Crippen LogP contribution < -0.4 is 10.2 Å². The summed E-state index contributed by atoms with van der Waals surface area (Å²) in [4.78, 5) is 62.3. The van der Waals surface area contributed by atoms with Gasteiger partial charge in [-0.25, -0.2) is 19.2 Å². The number of aromatic nitrogens is 4. The van der Waals surface area contributed by atoms with Crippen molar-refractivity contribution in [2.45, 2.75) is 114 Å². The van der Waals surface area contributed by atoms with E-state index in [4.69, 9.17) is 24.2 Å². The number of ether oxygens (including phenoxy) is 3. The first-order valence-electron chi connectivity index (χ1n) is 22.0. The maximum atomic E-state index is 16.5. The number of imidazole rings is 2. The maximum Gasteiger partial charge on any atom is 0.407 e. The zero-order valence-corrected chi connectivity index (χ0v) is 36.0. The molecule has 62 heavy (non-hydrogen) atoms. The Labute approximate surface area is 360 Å². The lowest BCUT2D eigenvalue weighted by molar-refractivity contribution is -0.137. The van der Waals surface area contributed by atoms with Crippen LogP contribution in [0.3, 0.4) is 0 Å². The number of carbonyl (C=O) groups excluding carboxylic acids is 3. The van der Waals surface area contributed by atoms with Crippen LogP contribution in [0.25, 0.3) is 22.1 Å². The van der Waals surface area contributed by atoms with Crippen LogP contribution in [0.2, 0.25) is 0 Å². The van der Waals surface area contributed by atoms with Crippen molar-refractivity contribution in [1.29, 1.82) is 0 Å². The lowest BCUT2D eigenvalue weighted by atomic mass is 10.0. The molecule has 0 unspecified atom stereocenters. The van der Waals surface area contributed by atoms with Gasteiger partial charge in [-0.05, 0) is 124 Å². The van der Waals surface area contributed by atoms with E-state index in [1.165, 1.54) is 14.2 Å². The van der Waals surface area contributed by atoms with E-state index in [-0.39, 0.29) is 47.9 Å². The van der Waals surface area contributed by atoms with Gasteiger partial charge < -0.3 is 44.2 Å². The third-order valence-corrected chi connectivity index (χ3v) is 13.5. The van der Waals surface area contributed by atoms with Crippen LogP contribution in [0.15, 0.2) is 54.6 Å². The highest BCUT2D eigenvalue weighted by atomic mass is 19.1. The molecule has 14 nitrogen and oxygen atoms in total. The molecule has 0 spiro atoms. The lowest BCUT2D eigenvalue weighted by Crippen LogP contribution is -2.54. The van der Waals surface area contributed by atoms with E-state index in [1.54, 1.807) is 31.4 Å². The second kappa shape index (κ2) is 17.3. The van der Waals surface area contributed by atoms with E-state index in [9.17, 15) is 14.4 Å². The van der Waals surface area contributed by atoms with Crippen molar-refractivity contribution < 1.29 is 33.0 Å². The summed E-state index contributed by atoms with van der Waals surface area (Å²) in [5, 5.41) is 2.65. The first-order valence-corrected chi connectivity index (χ1v) is 22.0. The monoisotopic (exact) mass is 847 g/mol. The number of fused-ring (bicyclic) bond motifs is 2. The van der Waals surface area contributed by atoms with Crippen molar-refractivity contribution >= 4 is 45.7 Å². The van der Waals surface area contributed by atoms with Crippen LogP contribution in [0.1, 0.15) is 124 Å². The van der Waals surface area contributed by atoms with Crippen molar-refractivity contribution in [3.05, 3.63) is 95.2 Å². The summed E-state index contributed by atoms with van der Waals surface area (Å²) in [6.45, 7) is 4.77. The Hall–Kier alpha value is -5.54. The molecule has 3 saturated heterocycles. The highest BCUT2D eigenvalue weighted by Crippen LogP contribution is 2.50. The van der Waals surface area contributed by atoms with Gasteiger partial charge >= 0.3 is 6.09 Å². The Morgan fingerprint density at radius 2 is 1.32 bits per heavy atom. The molecule has 4 aliphatic rings. The molecule has 5 heterocycles. The summed E-state index contributed by atoms with van der Waals surface area (Å²) in [6, 6.07) is 16.6. The number of aromatic amines is 2. The molecule has 1 aliphatic carbocycles. The number of benzene rings is 3. The van der Waals surface area contributed by atoms with Gasteiger partial charge in [0.2, 0.25) is 11.8 Å². The summed E-state index contributed by atoms with van der Waals surface area (Å²) in [5.74, 6) is 1.32. The summed E-state index contributed by atoms with van der Waals surface area (Å²) in [6.07, 6.45) is 7.02. The van der Waals surface area contributed by atoms with Crippen LogP contribution in [0.5, 0.6) is 0 Å². The fourth-order valence-corrected chi connectivity index (χ4v) is 9.89. The SMILES string of the molecule is COC(=O)N[C@H](C(=O)N1CCC[C@H]1c1nc2cc([C@@H]3CC[C@@H](c4ccc5[nH]c([C@@H]6CCCN6C(=O)[CH][C@@H](C)OC)nc5c4)N3c3ccc(C4CC4)cc3F)ccc2[nH]1)[C@@H](C)OC. The van der Waals surface area contributed by atoms with Gasteiger partial charge in [0.25, 0.3) is 0 Å². The molecule has 5 aromatic rings. The predicted octanol–water partition coefficient (Wildman–Crippen LogP) is 7.86. The van der Waals surface area contributed by atoms with Crippen LogP contribution >= 0.6 is 0 Å². The van der Waals surface area contributed by atoms with E-state index in [2.05, 4.69) is 56.6 Å².